The Morgan fingerprint density at radius 2 is 1.91 bits per heavy atom. The zero-order valence-corrected chi connectivity index (χ0v) is 14.0. The molecule has 2 aromatic carbocycles. The van der Waals surface area contributed by atoms with Crippen molar-refractivity contribution >= 4 is 40.0 Å². The molecule has 0 aliphatic heterocycles. The number of aryl methyl sites for hydroxylation is 1. The molecular formula is C18H19ClN4. The van der Waals surface area contributed by atoms with E-state index in [-0.39, 0.29) is 0 Å². The Balaban J connectivity index is 2.00. The average Bonchev–Trinajstić information content (AvgIpc) is 2.55. The largest absolute Gasteiger partial charge is 0.369 e. The average molecular weight is 327 g/mol. The maximum absolute atomic E-state index is 6.01. The number of anilines is 3. The molecule has 0 unspecified atom stereocenters. The molecule has 0 amide bonds. The van der Waals surface area contributed by atoms with Gasteiger partial charge in [-0.2, -0.15) is 4.98 Å². The Morgan fingerprint density at radius 3 is 2.70 bits per heavy atom. The topological polar surface area (TPSA) is 49.8 Å². The Bertz CT molecular complexity index is 832. The third kappa shape index (κ3) is 3.54. The summed E-state index contributed by atoms with van der Waals surface area (Å²) >= 11 is 6.01. The van der Waals surface area contributed by atoms with E-state index in [1.807, 2.05) is 49.4 Å². The maximum Gasteiger partial charge on any atom is 0.229 e. The Kier molecular flexibility index (Phi) is 4.63. The van der Waals surface area contributed by atoms with Gasteiger partial charge in [-0.15, -0.1) is 0 Å². The van der Waals surface area contributed by atoms with Crippen LogP contribution in [0.1, 0.15) is 18.9 Å². The lowest BCUT2D eigenvalue weighted by atomic mass is 10.2. The Hall–Kier alpha value is -2.33. The molecule has 0 atom stereocenters. The summed E-state index contributed by atoms with van der Waals surface area (Å²) in [6.07, 6.45) is 1.04. The van der Waals surface area contributed by atoms with Gasteiger partial charge in [-0.1, -0.05) is 30.7 Å². The van der Waals surface area contributed by atoms with Crippen LogP contribution in [0.5, 0.6) is 0 Å². The molecule has 1 aromatic heterocycles. The van der Waals surface area contributed by atoms with Gasteiger partial charge in [0.25, 0.3) is 0 Å². The summed E-state index contributed by atoms with van der Waals surface area (Å²) in [5, 5.41) is 8.41. The van der Waals surface area contributed by atoms with Gasteiger partial charge in [-0.3, -0.25) is 0 Å². The molecule has 3 rings (SSSR count). The minimum absolute atomic E-state index is 0.577. The van der Waals surface area contributed by atoms with Crippen molar-refractivity contribution in [3.63, 3.8) is 0 Å². The molecule has 5 heteroatoms. The molecule has 0 fully saturated rings. The minimum atomic E-state index is 0.577. The second-order valence-corrected chi connectivity index (χ2v) is 5.86. The van der Waals surface area contributed by atoms with Gasteiger partial charge >= 0.3 is 0 Å². The molecule has 3 aromatic rings. The third-order valence-electron chi connectivity index (χ3n) is 3.58. The van der Waals surface area contributed by atoms with Crippen molar-refractivity contribution < 1.29 is 0 Å². The van der Waals surface area contributed by atoms with Gasteiger partial charge in [0, 0.05) is 22.6 Å². The fourth-order valence-electron chi connectivity index (χ4n) is 2.40. The highest BCUT2D eigenvalue weighted by molar-refractivity contribution is 6.30. The van der Waals surface area contributed by atoms with Crippen molar-refractivity contribution in [3.8, 4) is 0 Å². The predicted octanol–water partition coefficient (Wildman–Crippen LogP) is 5.16. The van der Waals surface area contributed by atoms with Crippen LogP contribution in [0.15, 0.2) is 42.5 Å². The quantitative estimate of drug-likeness (QED) is 0.680. The third-order valence-corrected chi connectivity index (χ3v) is 3.82. The van der Waals surface area contributed by atoms with Crippen LogP contribution in [0, 0.1) is 6.92 Å². The Labute approximate surface area is 140 Å². The molecule has 0 aliphatic rings. The summed E-state index contributed by atoms with van der Waals surface area (Å²) in [5.41, 5.74) is 2.92. The number of halogens is 1. The Morgan fingerprint density at radius 1 is 1.09 bits per heavy atom. The number of rotatable bonds is 5. The van der Waals surface area contributed by atoms with Crippen molar-refractivity contribution in [1.82, 2.24) is 9.97 Å². The van der Waals surface area contributed by atoms with Gasteiger partial charge in [0.05, 0.1) is 5.52 Å². The van der Waals surface area contributed by atoms with Crippen LogP contribution in [0.4, 0.5) is 17.5 Å². The number of aromatic nitrogens is 2. The normalized spacial score (nSPS) is 10.7. The van der Waals surface area contributed by atoms with Crippen molar-refractivity contribution in [2.45, 2.75) is 20.3 Å². The summed E-state index contributed by atoms with van der Waals surface area (Å²) in [5.74, 6) is 1.43. The van der Waals surface area contributed by atoms with E-state index in [9.17, 15) is 0 Å². The van der Waals surface area contributed by atoms with Crippen LogP contribution in [-0.2, 0) is 0 Å². The van der Waals surface area contributed by atoms with E-state index in [0.717, 1.165) is 46.0 Å². The highest BCUT2D eigenvalue weighted by Crippen LogP contribution is 2.26. The van der Waals surface area contributed by atoms with E-state index < -0.39 is 0 Å². The summed E-state index contributed by atoms with van der Waals surface area (Å²) < 4.78 is 0. The second kappa shape index (κ2) is 6.84. The van der Waals surface area contributed by atoms with Crippen LogP contribution >= 0.6 is 11.6 Å². The number of nitrogens with one attached hydrogen (secondary N) is 2. The molecular weight excluding hydrogens is 308 g/mol. The van der Waals surface area contributed by atoms with Crippen molar-refractivity contribution in [1.29, 1.82) is 0 Å². The first-order valence-electron chi connectivity index (χ1n) is 7.71. The number of hydrogen-bond donors (Lipinski definition) is 2. The lowest BCUT2D eigenvalue weighted by Crippen LogP contribution is -2.06. The fourth-order valence-corrected chi connectivity index (χ4v) is 2.63. The van der Waals surface area contributed by atoms with Gasteiger partial charge < -0.3 is 10.6 Å². The summed E-state index contributed by atoms with van der Waals surface area (Å²) in [6, 6.07) is 13.7. The maximum atomic E-state index is 6.01. The van der Waals surface area contributed by atoms with Crippen LogP contribution in [0.25, 0.3) is 10.9 Å². The fraction of sp³-hybridized carbons (Fsp3) is 0.222. The number of hydrogen-bond acceptors (Lipinski definition) is 4. The van der Waals surface area contributed by atoms with Crippen LogP contribution in [-0.4, -0.2) is 16.5 Å². The molecule has 0 saturated heterocycles. The molecule has 0 radical (unpaired) electrons. The highest BCUT2D eigenvalue weighted by atomic mass is 35.5. The molecule has 1 heterocycles. The van der Waals surface area contributed by atoms with Crippen molar-refractivity contribution in [2.75, 3.05) is 17.2 Å². The minimum Gasteiger partial charge on any atom is -0.369 e. The molecule has 0 spiro atoms. The zero-order valence-electron chi connectivity index (χ0n) is 13.2. The van der Waals surface area contributed by atoms with E-state index in [4.69, 9.17) is 11.6 Å². The van der Waals surface area contributed by atoms with E-state index in [2.05, 4.69) is 27.5 Å². The monoisotopic (exact) mass is 326 g/mol. The molecule has 118 valence electrons. The number of benzene rings is 2. The molecule has 2 N–H and O–H groups in total. The van der Waals surface area contributed by atoms with E-state index in [1.54, 1.807) is 0 Å². The van der Waals surface area contributed by atoms with E-state index >= 15 is 0 Å². The number of para-hydroxylation sites is 1. The smallest absolute Gasteiger partial charge is 0.229 e. The number of nitrogens with zero attached hydrogens (tertiary/aromatic N) is 2. The summed E-state index contributed by atoms with van der Waals surface area (Å²) in [7, 11) is 0. The van der Waals surface area contributed by atoms with Crippen molar-refractivity contribution in [2.24, 2.45) is 0 Å². The number of fused-ring (bicyclic) bond motifs is 1. The standard InChI is InChI=1S/C18H19ClN4/c1-3-10-20-17-14-6-4-5-7-16(14)22-18(23-17)21-15-9-8-13(19)11-12(15)2/h4-9,11H,3,10H2,1-2H3,(H2,20,21,22,23). The molecule has 23 heavy (non-hydrogen) atoms. The van der Waals surface area contributed by atoms with Gasteiger partial charge in [-0.25, -0.2) is 4.98 Å². The van der Waals surface area contributed by atoms with Gasteiger partial charge in [0.2, 0.25) is 5.95 Å². The molecule has 0 saturated carbocycles. The summed E-state index contributed by atoms with van der Waals surface area (Å²) in [6.45, 7) is 5.01. The van der Waals surface area contributed by atoms with Gasteiger partial charge in [0.15, 0.2) is 0 Å². The van der Waals surface area contributed by atoms with Crippen LogP contribution in [0.2, 0.25) is 5.02 Å². The highest BCUT2D eigenvalue weighted by Gasteiger charge is 2.08. The van der Waals surface area contributed by atoms with E-state index in [0.29, 0.717) is 5.95 Å². The second-order valence-electron chi connectivity index (χ2n) is 5.42. The first-order valence-corrected chi connectivity index (χ1v) is 8.09. The molecule has 0 aliphatic carbocycles. The van der Waals surface area contributed by atoms with Gasteiger partial charge in [0.1, 0.15) is 5.82 Å². The zero-order chi connectivity index (χ0) is 16.2. The van der Waals surface area contributed by atoms with Crippen LogP contribution in [0.3, 0.4) is 0 Å². The van der Waals surface area contributed by atoms with Gasteiger partial charge in [-0.05, 0) is 49.2 Å². The first kappa shape index (κ1) is 15.6. The molecule has 4 nitrogen and oxygen atoms in total. The van der Waals surface area contributed by atoms with E-state index in [1.165, 1.54) is 0 Å². The summed E-state index contributed by atoms with van der Waals surface area (Å²) in [4.78, 5) is 9.24. The lowest BCUT2D eigenvalue weighted by molar-refractivity contribution is 0.970. The predicted molar refractivity (Wildman–Crippen MR) is 97.8 cm³/mol. The SMILES string of the molecule is CCCNc1nc(Nc2ccc(Cl)cc2C)nc2ccccc12. The van der Waals surface area contributed by atoms with Crippen LogP contribution < -0.4 is 10.6 Å². The molecule has 0 bridgehead atoms. The first-order chi connectivity index (χ1) is 11.2. The lowest BCUT2D eigenvalue weighted by Gasteiger charge is -2.12. The van der Waals surface area contributed by atoms with Crippen molar-refractivity contribution in [3.05, 3.63) is 53.1 Å².